The van der Waals surface area contributed by atoms with Crippen molar-refractivity contribution in [3.8, 4) is 12.3 Å². The number of nitrogens with one attached hydrogen (secondary N) is 1. The molecule has 0 aliphatic heterocycles. The Hall–Kier alpha value is -1.91. The van der Waals surface area contributed by atoms with Crippen molar-refractivity contribution in [3.63, 3.8) is 0 Å². The zero-order valence-electron chi connectivity index (χ0n) is 8.79. The minimum Gasteiger partial charge on any atom is -0.258 e. The van der Waals surface area contributed by atoms with Gasteiger partial charge in [0.05, 0.1) is 9.82 Å². The van der Waals surface area contributed by atoms with E-state index in [0.29, 0.717) is 0 Å². The molecule has 17 heavy (non-hydrogen) atoms. The lowest BCUT2D eigenvalue weighted by molar-refractivity contribution is -0.384. The molecule has 0 atom stereocenters. The summed E-state index contributed by atoms with van der Waals surface area (Å²) in [5.41, 5.74) is -0.160. The summed E-state index contributed by atoms with van der Waals surface area (Å²) >= 11 is 0. The van der Waals surface area contributed by atoms with Gasteiger partial charge in [0.15, 0.2) is 0 Å². The van der Waals surface area contributed by atoms with Gasteiger partial charge in [0.25, 0.3) is 5.69 Å². The minimum absolute atomic E-state index is 0.0277. The normalized spacial score (nSPS) is 10.8. The van der Waals surface area contributed by atoms with Crippen LogP contribution < -0.4 is 4.72 Å². The topological polar surface area (TPSA) is 89.3 Å². The highest BCUT2D eigenvalue weighted by Crippen LogP contribution is 2.15. The van der Waals surface area contributed by atoms with Crippen molar-refractivity contribution < 1.29 is 13.3 Å². The van der Waals surface area contributed by atoms with E-state index in [4.69, 9.17) is 6.42 Å². The number of sulfonamides is 1. The van der Waals surface area contributed by atoms with E-state index >= 15 is 0 Å². The van der Waals surface area contributed by atoms with Crippen molar-refractivity contribution in [1.82, 2.24) is 4.72 Å². The second-order valence-electron chi connectivity index (χ2n) is 3.10. The van der Waals surface area contributed by atoms with Crippen molar-refractivity contribution in [2.45, 2.75) is 11.3 Å². The highest BCUT2D eigenvalue weighted by Gasteiger charge is 2.14. The van der Waals surface area contributed by atoms with Crippen LogP contribution in [-0.2, 0) is 10.0 Å². The standard InChI is InChI=1S/C10H10N2O4S/c1-2-3-8-11-17(15,16)10-6-4-9(5-7-10)12(13)14/h1,4-7,11H,3,8H2. The molecule has 0 bridgehead atoms. The largest absolute Gasteiger partial charge is 0.269 e. The second-order valence-corrected chi connectivity index (χ2v) is 4.87. The molecule has 6 nitrogen and oxygen atoms in total. The predicted molar refractivity (Wildman–Crippen MR) is 61.7 cm³/mol. The van der Waals surface area contributed by atoms with E-state index in [9.17, 15) is 18.5 Å². The van der Waals surface area contributed by atoms with Gasteiger partial charge in [-0.05, 0) is 12.1 Å². The fraction of sp³-hybridized carbons (Fsp3) is 0.200. The molecule has 0 saturated heterocycles. The fourth-order valence-electron chi connectivity index (χ4n) is 1.09. The third-order valence-electron chi connectivity index (χ3n) is 1.92. The van der Waals surface area contributed by atoms with Gasteiger partial charge in [-0.15, -0.1) is 12.3 Å². The van der Waals surface area contributed by atoms with Gasteiger partial charge in [0, 0.05) is 25.1 Å². The van der Waals surface area contributed by atoms with Crippen molar-refractivity contribution in [2.24, 2.45) is 0 Å². The van der Waals surface area contributed by atoms with Crippen LogP contribution in [0.1, 0.15) is 6.42 Å². The van der Waals surface area contributed by atoms with Crippen LogP contribution in [0.2, 0.25) is 0 Å². The number of non-ortho nitro benzene ring substituents is 1. The zero-order valence-corrected chi connectivity index (χ0v) is 9.61. The summed E-state index contributed by atoms with van der Waals surface area (Å²) in [6, 6.07) is 4.62. The third kappa shape index (κ3) is 3.55. The Morgan fingerprint density at radius 2 is 1.94 bits per heavy atom. The average Bonchev–Trinajstić information content (AvgIpc) is 2.29. The number of hydrogen-bond donors (Lipinski definition) is 1. The Morgan fingerprint density at radius 1 is 1.35 bits per heavy atom. The van der Waals surface area contributed by atoms with E-state index in [-0.39, 0.29) is 23.5 Å². The van der Waals surface area contributed by atoms with Crippen molar-refractivity contribution in [1.29, 1.82) is 0 Å². The SMILES string of the molecule is C#CCCNS(=O)(=O)c1ccc([N+](=O)[O-])cc1. The molecule has 0 fully saturated rings. The number of terminal acetylenes is 1. The van der Waals surface area contributed by atoms with Crippen molar-refractivity contribution in [2.75, 3.05) is 6.54 Å². The summed E-state index contributed by atoms with van der Waals surface area (Å²) in [6.45, 7) is 0.135. The summed E-state index contributed by atoms with van der Waals surface area (Å²) in [5.74, 6) is 2.30. The van der Waals surface area contributed by atoms with Gasteiger partial charge in [-0.2, -0.15) is 0 Å². The van der Waals surface area contributed by atoms with E-state index in [0.717, 1.165) is 12.1 Å². The smallest absolute Gasteiger partial charge is 0.258 e. The van der Waals surface area contributed by atoms with Crippen LogP contribution in [0.4, 0.5) is 5.69 Å². The number of nitro groups is 1. The highest BCUT2D eigenvalue weighted by molar-refractivity contribution is 7.89. The number of rotatable bonds is 5. The van der Waals surface area contributed by atoms with Gasteiger partial charge in [-0.25, -0.2) is 13.1 Å². The van der Waals surface area contributed by atoms with Gasteiger partial charge in [0.1, 0.15) is 0 Å². The molecule has 0 unspecified atom stereocenters. The molecule has 0 radical (unpaired) electrons. The van der Waals surface area contributed by atoms with E-state index in [1.54, 1.807) is 0 Å². The molecule has 0 amide bonds. The van der Waals surface area contributed by atoms with Crippen LogP contribution >= 0.6 is 0 Å². The molecule has 0 aliphatic rings. The minimum atomic E-state index is -3.64. The number of nitrogens with zero attached hydrogens (tertiary/aromatic N) is 1. The summed E-state index contributed by atoms with van der Waals surface area (Å²) in [7, 11) is -3.64. The zero-order chi connectivity index (χ0) is 12.9. The van der Waals surface area contributed by atoms with Gasteiger partial charge >= 0.3 is 0 Å². The van der Waals surface area contributed by atoms with Crippen molar-refractivity contribution in [3.05, 3.63) is 34.4 Å². The summed E-state index contributed by atoms with van der Waals surface area (Å²) in [6.07, 6.45) is 5.27. The molecule has 0 saturated carbocycles. The molecular weight excluding hydrogens is 244 g/mol. The first-order valence-electron chi connectivity index (χ1n) is 4.65. The highest BCUT2D eigenvalue weighted by atomic mass is 32.2. The average molecular weight is 254 g/mol. The molecule has 0 aliphatic carbocycles. The molecule has 1 rings (SSSR count). The van der Waals surface area contributed by atoms with Crippen LogP contribution in [0.3, 0.4) is 0 Å². The first-order chi connectivity index (χ1) is 7.97. The molecular formula is C10H10N2O4S. The van der Waals surface area contributed by atoms with Crippen LogP contribution in [-0.4, -0.2) is 19.9 Å². The lowest BCUT2D eigenvalue weighted by Gasteiger charge is -2.04. The van der Waals surface area contributed by atoms with Gasteiger partial charge in [-0.1, -0.05) is 0 Å². The van der Waals surface area contributed by atoms with Crippen LogP contribution in [0, 0.1) is 22.5 Å². The molecule has 7 heteroatoms. The third-order valence-corrected chi connectivity index (χ3v) is 3.40. The summed E-state index contributed by atoms with van der Waals surface area (Å²) < 4.78 is 25.6. The summed E-state index contributed by atoms with van der Waals surface area (Å²) in [4.78, 5) is 9.77. The van der Waals surface area contributed by atoms with Crippen LogP contribution in [0.5, 0.6) is 0 Å². The van der Waals surface area contributed by atoms with E-state index < -0.39 is 14.9 Å². The molecule has 1 N–H and O–H groups in total. The quantitative estimate of drug-likeness (QED) is 0.366. The molecule has 90 valence electrons. The summed E-state index contributed by atoms with van der Waals surface area (Å²) in [5, 5.41) is 10.4. The molecule has 1 aromatic rings. The van der Waals surface area contributed by atoms with Crippen LogP contribution in [0.15, 0.2) is 29.2 Å². The van der Waals surface area contributed by atoms with Crippen LogP contribution in [0.25, 0.3) is 0 Å². The van der Waals surface area contributed by atoms with E-state index in [2.05, 4.69) is 10.6 Å². The Morgan fingerprint density at radius 3 is 2.41 bits per heavy atom. The van der Waals surface area contributed by atoms with Gasteiger partial charge in [-0.3, -0.25) is 10.1 Å². The first-order valence-corrected chi connectivity index (χ1v) is 6.13. The number of benzene rings is 1. The number of nitro benzene ring substituents is 1. The second kappa shape index (κ2) is 5.43. The lowest BCUT2D eigenvalue weighted by Crippen LogP contribution is -2.24. The van der Waals surface area contributed by atoms with E-state index in [1.165, 1.54) is 12.1 Å². The maximum Gasteiger partial charge on any atom is 0.269 e. The Balaban J connectivity index is 2.86. The maximum absolute atomic E-state index is 11.6. The molecule has 0 heterocycles. The first kappa shape index (κ1) is 13.2. The maximum atomic E-state index is 11.6. The fourth-order valence-corrected chi connectivity index (χ4v) is 2.12. The molecule has 1 aromatic carbocycles. The van der Waals surface area contributed by atoms with E-state index in [1.807, 2.05) is 0 Å². The number of hydrogen-bond acceptors (Lipinski definition) is 4. The lowest BCUT2D eigenvalue weighted by atomic mass is 10.3. The Labute approximate surface area is 98.9 Å². The van der Waals surface area contributed by atoms with Gasteiger partial charge in [0.2, 0.25) is 10.0 Å². The van der Waals surface area contributed by atoms with Gasteiger partial charge < -0.3 is 0 Å². The molecule has 0 aromatic heterocycles. The Bertz CT molecular complexity index is 543. The molecule has 0 spiro atoms. The van der Waals surface area contributed by atoms with Crippen molar-refractivity contribution >= 4 is 15.7 Å². The Kier molecular flexibility index (Phi) is 4.20. The predicted octanol–water partition coefficient (Wildman–Crippen LogP) is 0.896. The monoisotopic (exact) mass is 254 g/mol.